The number of amides is 1. The summed E-state index contributed by atoms with van der Waals surface area (Å²) in [5, 5.41) is 15.9. The quantitative estimate of drug-likeness (QED) is 0.304. The first-order valence-corrected chi connectivity index (χ1v) is 12.2. The minimum absolute atomic E-state index is 0.0440. The highest BCUT2D eigenvalue weighted by Crippen LogP contribution is 2.43. The summed E-state index contributed by atoms with van der Waals surface area (Å²) in [6, 6.07) is 13.4. The van der Waals surface area contributed by atoms with Crippen molar-refractivity contribution in [3.8, 4) is 6.07 Å². The van der Waals surface area contributed by atoms with Crippen molar-refractivity contribution in [1.82, 2.24) is 5.32 Å². The Bertz CT molecular complexity index is 1330. The number of benzene rings is 2. The molecule has 0 saturated carbocycles. The third-order valence-electron chi connectivity index (χ3n) is 5.27. The van der Waals surface area contributed by atoms with E-state index in [-0.39, 0.29) is 34.2 Å². The number of nitriles is 1. The van der Waals surface area contributed by atoms with Crippen molar-refractivity contribution in [1.29, 1.82) is 5.26 Å². The van der Waals surface area contributed by atoms with E-state index in [2.05, 4.69) is 23.3 Å². The molecule has 11 heteroatoms. The van der Waals surface area contributed by atoms with Crippen molar-refractivity contribution in [2.45, 2.75) is 19.0 Å². The molecule has 1 heterocycles. The van der Waals surface area contributed by atoms with Gasteiger partial charge in [0, 0.05) is 10.7 Å². The molecule has 2 aromatic carbocycles. The number of ether oxygens (including phenoxy) is 1. The maximum atomic E-state index is 13.3. The van der Waals surface area contributed by atoms with Crippen molar-refractivity contribution >= 4 is 40.9 Å². The topological polar surface area (TPSA) is 91.2 Å². The van der Waals surface area contributed by atoms with Crippen molar-refractivity contribution in [3.63, 3.8) is 0 Å². The van der Waals surface area contributed by atoms with Gasteiger partial charge in [-0.15, -0.1) is 0 Å². The zero-order valence-corrected chi connectivity index (χ0v) is 21.1. The number of dihydropyridines is 1. The standard InChI is InChI=1S/C26H21ClF3N3O3S/c1-3-12-36-25(35)22-15(2)32-24(17(13-31)23(22)16-8-4-6-10-19(16)27)37-14-21(34)33-20-11-7-5-9-18(20)26(28,29)30/h3-11,23,32H,1,12,14H2,2H3,(H,33,34). The molecule has 192 valence electrons. The molecule has 0 fully saturated rings. The summed E-state index contributed by atoms with van der Waals surface area (Å²) in [7, 11) is 0. The van der Waals surface area contributed by atoms with Crippen LogP contribution < -0.4 is 10.6 Å². The minimum Gasteiger partial charge on any atom is -0.458 e. The lowest BCUT2D eigenvalue weighted by Gasteiger charge is -2.29. The Morgan fingerprint density at radius 3 is 2.57 bits per heavy atom. The number of thioether (sulfide) groups is 1. The van der Waals surface area contributed by atoms with Crippen LogP contribution in [0.5, 0.6) is 0 Å². The number of hydrogen-bond donors (Lipinski definition) is 2. The minimum atomic E-state index is -4.64. The Balaban J connectivity index is 1.92. The van der Waals surface area contributed by atoms with E-state index in [0.717, 1.165) is 23.9 Å². The van der Waals surface area contributed by atoms with Gasteiger partial charge in [0.2, 0.25) is 5.91 Å². The molecule has 0 spiro atoms. The number of nitrogens with zero attached hydrogens (tertiary/aromatic N) is 1. The van der Waals surface area contributed by atoms with Crippen LogP contribution in [0, 0.1) is 11.3 Å². The van der Waals surface area contributed by atoms with Gasteiger partial charge in [-0.2, -0.15) is 18.4 Å². The number of hydrogen-bond acceptors (Lipinski definition) is 6. The second kappa shape index (κ2) is 12.0. The average molecular weight is 548 g/mol. The molecule has 0 saturated heterocycles. The maximum absolute atomic E-state index is 13.3. The fraction of sp³-hybridized carbons (Fsp3) is 0.192. The number of halogens is 4. The van der Waals surface area contributed by atoms with Gasteiger partial charge < -0.3 is 15.4 Å². The molecule has 1 amide bonds. The van der Waals surface area contributed by atoms with Crippen molar-refractivity contribution in [3.05, 3.63) is 99.2 Å². The van der Waals surface area contributed by atoms with Crippen molar-refractivity contribution in [2.75, 3.05) is 17.7 Å². The SMILES string of the molecule is C=CCOC(=O)C1=C(C)NC(SCC(=O)Nc2ccccc2C(F)(F)F)=C(C#N)C1c1ccccc1Cl. The number of rotatable bonds is 8. The van der Waals surface area contributed by atoms with Crippen LogP contribution in [0.2, 0.25) is 5.02 Å². The predicted octanol–water partition coefficient (Wildman–Crippen LogP) is 6.16. The van der Waals surface area contributed by atoms with Crippen LogP contribution in [0.4, 0.5) is 18.9 Å². The number of para-hydroxylation sites is 1. The molecular formula is C26H21ClF3N3O3S. The Labute approximate surface area is 220 Å². The van der Waals surface area contributed by atoms with E-state index in [0.29, 0.717) is 16.3 Å². The van der Waals surface area contributed by atoms with Crippen molar-refractivity contribution in [2.24, 2.45) is 0 Å². The van der Waals surface area contributed by atoms with Crippen LogP contribution in [0.3, 0.4) is 0 Å². The van der Waals surface area contributed by atoms with Crippen LogP contribution in [-0.2, 0) is 20.5 Å². The summed E-state index contributed by atoms with van der Waals surface area (Å²) in [5.74, 6) is -2.58. The normalized spacial score (nSPS) is 15.5. The number of carbonyl (C=O) groups is 2. The fourth-order valence-electron chi connectivity index (χ4n) is 3.69. The monoisotopic (exact) mass is 547 g/mol. The first-order valence-electron chi connectivity index (χ1n) is 10.8. The van der Waals surface area contributed by atoms with Crippen LogP contribution in [-0.4, -0.2) is 24.2 Å². The molecule has 37 heavy (non-hydrogen) atoms. The van der Waals surface area contributed by atoms with Gasteiger partial charge in [-0.25, -0.2) is 4.79 Å². The summed E-state index contributed by atoms with van der Waals surface area (Å²) in [6.45, 7) is 5.10. The summed E-state index contributed by atoms with van der Waals surface area (Å²) in [5.41, 5.74) is -0.209. The molecule has 3 rings (SSSR count). The molecule has 1 aliphatic rings. The number of anilines is 1. The van der Waals surface area contributed by atoms with Gasteiger partial charge in [0.05, 0.1) is 45.2 Å². The lowest BCUT2D eigenvalue weighted by molar-refractivity contribution is -0.138. The highest BCUT2D eigenvalue weighted by Gasteiger charge is 2.37. The third kappa shape index (κ3) is 6.56. The molecule has 0 aromatic heterocycles. The molecule has 0 bridgehead atoms. The zero-order chi connectivity index (χ0) is 27.2. The Kier molecular flexibility index (Phi) is 9.08. The third-order valence-corrected chi connectivity index (χ3v) is 6.63. The van der Waals surface area contributed by atoms with Gasteiger partial charge in [-0.1, -0.05) is 66.3 Å². The summed E-state index contributed by atoms with van der Waals surface area (Å²) in [6.07, 6.45) is -3.23. The van der Waals surface area contributed by atoms with E-state index in [1.807, 2.05) is 0 Å². The largest absolute Gasteiger partial charge is 0.458 e. The lowest BCUT2D eigenvalue weighted by Crippen LogP contribution is -2.29. The van der Waals surface area contributed by atoms with E-state index in [1.54, 1.807) is 31.2 Å². The fourth-order valence-corrected chi connectivity index (χ4v) is 4.83. The Morgan fingerprint density at radius 2 is 1.92 bits per heavy atom. The Hall–Kier alpha value is -3.68. The van der Waals surface area contributed by atoms with Crippen LogP contribution in [0.15, 0.2) is 83.1 Å². The van der Waals surface area contributed by atoms with Crippen LogP contribution >= 0.6 is 23.4 Å². The average Bonchev–Trinajstić information content (AvgIpc) is 2.85. The van der Waals surface area contributed by atoms with Gasteiger partial charge in [0.15, 0.2) is 0 Å². The zero-order valence-electron chi connectivity index (χ0n) is 19.5. The predicted molar refractivity (Wildman–Crippen MR) is 136 cm³/mol. The van der Waals surface area contributed by atoms with Gasteiger partial charge in [0.25, 0.3) is 0 Å². The highest BCUT2D eigenvalue weighted by atomic mass is 35.5. The van der Waals surface area contributed by atoms with E-state index < -0.39 is 29.5 Å². The molecular weight excluding hydrogens is 527 g/mol. The molecule has 1 atom stereocenters. The Morgan fingerprint density at radius 1 is 1.24 bits per heavy atom. The highest BCUT2D eigenvalue weighted by molar-refractivity contribution is 8.03. The molecule has 2 aromatic rings. The van der Waals surface area contributed by atoms with Crippen LogP contribution in [0.25, 0.3) is 0 Å². The number of carbonyl (C=O) groups excluding carboxylic acids is 2. The molecule has 1 aliphatic heterocycles. The molecule has 6 nitrogen and oxygen atoms in total. The molecule has 0 aliphatic carbocycles. The van der Waals surface area contributed by atoms with E-state index >= 15 is 0 Å². The molecule has 1 unspecified atom stereocenters. The van der Waals surface area contributed by atoms with E-state index in [4.69, 9.17) is 16.3 Å². The number of allylic oxidation sites excluding steroid dienone is 2. The molecule has 2 N–H and O–H groups in total. The van der Waals surface area contributed by atoms with Gasteiger partial charge in [-0.3, -0.25) is 4.79 Å². The van der Waals surface area contributed by atoms with E-state index in [9.17, 15) is 28.0 Å². The number of esters is 1. The van der Waals surface area contributed by atoms with Gasteiger partial charge >= 0.3 is 12.1 Å². The van der Waals surface area contributed by atoms with Gasteiger partial charge in [0.1, 0.15) is 6.61 Å². The number of nitrogens with one attached hydrogen (secondary N) is 2. The van der Waals surface area contributed by atoms with Crippen molar-refractivity contribution < 1.29 is 27.5 Å². The summed E-state index contributed by atoms with van der Waals surface area (Å²) in [4.78, 5) is 25.5. The second-order valence-electron chi connectivity index (χ2n) is 7.74. The molecule has 0 radical (unpaired) electrons. The first-order chi connectivity index (χ1) is 17.6. The summed E-state index contributed by atoms with van der Waals surface area (Å²) < 4.78 is 45.0. The lowest BCUT2D eigenvalue weighted by atomic mass is 9.82. The van der Waals surface area contributed by atoms with Gasteiger partial charge in [-0.05, 0) is 30.7 Å². The maximum Gasteiger partial charge on any atom is 0.418 e. The first kappa shape index (κ1) is 27.9. The smallest absolute Gasteiger partial charge is 0.418 e. The summed E-state index contributed by atoms with van der Waals surface area (Å²) >= 11 is 7.33. The second-order valence-corrected chi connectivity index (χ2v) is 9.13. The van der Waals surface area contributed by atoms with Crippen LogP contribution in [0.1, 0.15) is 24.0 Å². The number of alkyl halides is 3. The van der Waals surface area contributed by atoms with E-state index in [1.165, 1.54) is 18.2 Å².